The van der Waals surface area contributed by atoms with Crippen molar-refractivity contribution in [3.8, 4) is 5.75 Å². The topological polar surface area (TPSA) is 66.0 Å². The first-order valence-corrected chi connectivity index (χ1v) is 9.32. The molecule has 0 saturated carbocycles. The Hall–Kier alpha value is -1.51. The quantitative estimate of drug-likeness (QED) is 0.380. The lowest BCUT2D eigenvalue weighted by Crippen LogP contribution is -2.48. The van der Waals surface area contributed by atoms with Crippen molar-refractivity contribution < 1.29 is 9.53 Å². The smallest absolute Gasteiger partial charge is 0.240 e. The highest BCUT2D eigenvalue weighted by atomic mass is 127. The van der Waals surface area contributed by atoms with Crippen LogP contribution in [0, 0.1) is 0 Å². The minimum Gasteiger partial charge on any atom is -0.493 e. The summed E-state index contributed by atoms with van der Waals surface area (Å²) in [6, 6.07) is 8.16. The molecule has 0 bridgehead atoms. The van der Waals surface area contributed by atoms with Crippen molar-refractivity contribution in [1.29, 1.82) is 0 Å². The second-order valence-corrected chi connectivity index (χ2v) is 7.72. The van der Waals surface area contributed by atoms with Gasteiger partial charge in [-0.3, -0.25) is 9.79 Å². The lowest BCUT2D eigenvalue weighted by Gasteiger charge is -2.27. The molecule has 1 unspecified atom stereocenters. The Balaban J connectivity index is 0.00000364. The number of amides is 1. The molecule has 6 nitrogen and oxygen atoms in total. The fraction of sp³-hybridized carbons (Fsp3) is 0.600. The van der Waals surface area contributed by atoms with E-state index in [4.69, 9.17) is 9.73 Å². The first kappa shape index (κ1) is 23.5. The van der Waals surface area contributed by atoms with Gasteiger partial charge in [0.05, 0.1) is 13.2 Å². The van der Waals surface area contributed by atoms with Gasteiger partial charge in [0.1, 0.15) is 5.75 Å². The average Bonchev–Trinajstić information content (AvgIpc) is 2.56. The molecule has 2 N–H and O–H groups in total. The number of nitrogens with one attached hydrogen (secondary N) is 2. The highest BCUT2D eigenvalue weighted by Crippen LogP contribution is 2.33. The van der Waals surface area contributed by atoms with Crippen LogP contribution < -0.4 is 15.4 Å². The van der Waals surface area contributed by atoms with Gasteiger partial charge in [-0.05, 0) is 45.7 Å². The Morgan fingerprint density at radius 2 is 2.04 bits per heavy atom. The zero-order chi connectivity index (χ0) is 19.2. The third-order valence-electron chi connectivity index (χ3n) is 4.14. The maximum atomic E-state index is 12.2. The second kappa shape index (κ2) is 10.7. The molecule has 0 spiro atoms. The number of hydrogen-bond donors (Lipinski definition) is 2. The first-order valence-electron chi connectivity index (χ1n) is 9.32. The van der Waals surface area contributed by atoms with E-state index in [2.05, 4.69) is 16.7 Å². The number of aliphatic imine (C=N–C) groups is 1. The largest absolute Gasteiger partial charge is 0.493 e. The van der Waals surface area contributed by atoms with Crippen LogP contribution >= 0.6 is 24.0 Å². The summed E-state index contributed by atoms with van der Waals surface area (Å²) in [5.41, 5.74) is 0.977. The van der Waals surface area contributed by atoms with Crippen molar-refractivity contribution in [1.82, 2.24) is 15.5 Å². The van der Waals surface area contributed by atoms with Crippen molar-refractivity contribution in [2.45, 2.75) is 45.6 Å². The summed E-state index contributed by atoms with van der Waals surface area (Å²) in [7, 11) is 1.89. The number of benzene rings is 1. The van der Waals surface area contributed by atoms with Gasteiger partial charge in [0, 0.05) is 31.6 Å². The van der Waals surface area contributed by atoms with Crippen LogP contribution in [0.5, 0.6) is 5.75 Å². The van der Waals surface area contributed by atoms with Gasteiger partial charge in [-0.15, -0.1) is 24.0 Å². The standard InChI is InChI=1S/C20H32N4O2.HI/c1-6-21-19(24(5)14-18(25)23-20(2,3)4)22-13-15-11-12-26-17-10-8-7-9-16(15)17;/h7-10,15H,6,11-14H2,1-5H3,(H,21,22)(H,23,25);1H. The monoisotopic (exact) mass is 488 g/mol. The summed E-state index contributed by atoms with van der Waals surface area (Å²) in [5.74, 6) is 2.04. The minimum absolute atomic E-state index is 0. The van der Waals surface area contributed by atoms with Crippen LogP contribution in [0.1, 0.15) is 45.6 Å². The van der Waals surface area contributed by atoms with Crippen molar-refractivity contribution in [2.24, 2.45) is 4.99 Å². The Morgan fingerprint density at radius 1 is 1.33 bits per heavy atom. The summed E-state index contributed by atoms with van der Waals surface area (Å²) in [5, 5.41) is 6.26. The molecule has 1 heterocycles. The van der Waals surface area contributed by atoms with E-state index in [9.17, 15) is 4.79 Å². The van der Waals surface area contributed by atoms with Crippen LogP contribution in [-0.4, -0.2) is 55.6 Å². The minimum atomic E-state index is -0.237. The molecule has 0 aliphatic carbocycles. The van der Waals surface area contributed by atoms with Crippen LogP contribution in [0.3, 0.4) is 0 Å². The van der Waals surface area contributed by atoms with Gasteiger partial charge in [0.2, 0.25) is 5.91 Å². The zero-order valence-electron chi connectivity index (χ0n) is 17.0. The zero-order valence-corrected chi connectivity index (χ0v) is 19.4. The lowest BCUT2D eigenvalue weighted by molar-refractivity contribution is -0.122. The van der Waals surface area contributed by atoms with E-state index in [0.717, 1.165) is 31.3 Å². The van der Waals surface area contributed by atoms with Gasteiger partial charge in [0.15, 0.2) is 5.96 Å². The van der Waals surface area contributed by atoms with Crippen LogP contribution in [0.2, 0.25) is 0 Å². The summed E-state index contributed by atoms with van der Waals surface area (Å²) in [4.78, 5) is 18.8. The molecule has 0 radical (unpaired) electrons. The number of nitrogens with zero attached hydrogens (tertiary/aromatic N) is 2. The Morgan fingerprint density at radius 3 is 2.70 bits per heavy atom. The molecule has 2 rings (SSSR count). The van der Waals surface area contributed by atoms with Gasteiger partial charge < -0.3 is 20.3 Å². The van der Waals surface area contributed by atoms with Gasteiger partial charge in [-0.2, -0.15) is 0 Å². The Labute approximate surface area is 180 Å². The molecule has 7 heteroatoms. The number of halogens is 1. The third kappa shape index (κ3) is 7.56. The van der Waals surface area contributed by atoms with Gasteiger partial charge in [-0.1, -0.05) is 18.2 Å². The first-order chi connectivity index (χ1) is 12.3. The number of carbonyl (C=O) groups is 1. The molecule has 1 aliphatic rings. The predicted octanol–water partition coefficient (Wildman–Crippen LogP) is 2.98. The molecule has 0 saturated heterocycles. The summed E-state index contributed by atoms with van der Waals surface area (Å²) >= 11 is 0. The number of likely N-dealkylation sites (N-methyl/N-ethyl adjacent to an activating group) is 1. The van der Waals surface area contributed by atoms with Crippen molar-refractivity contribution in [3.05, 3.63) is 29.8 Å². The molecule has 152 valence electrons. The highest BCUT2D eigenvalue weighted by molar-refractivity contribution is 14.0. The maximum absolute atomic E-state index is 12.2. The van der Waals surface area contributed by atoms with Crippen LogP contribution in [0.15, 0.2) is 29.3 Å². The number of hydrogen-bond acceptors (Lipinski definition) is 3. The number of rotatable bonds is 5. The molecule has 27 heavy (non-hydrogen) atoms. The summed E-state index contributed by atoms with van der Waals surface area (Å²) in [6.45, 7) is 10.4. The lowest BCUT2D eigenvalue weighted by atomic mass is 9.93. The van der Waals surface area contributed by atoms with Crippen LogP contribution in [-0.2, 0) is 4.79 Å². The van der Waals surface area contributed by atoms with E-state index >= 15 is 0 Å². The maximum Gasteiger partial charge on any atom is 0.240 e. The molecular weight excluding hydrogens is 455 g/mol. The molecule has 1 aromatic rings. The molecule has 1 amide bonds. The summed E-state index contributed by atoms with van der Waals surface area (Å²) < 4.78 is 5.73. The molecule has 0 fully saturated rings. The number of ether oxygens (including phenoxy) is 1. The van der Waals surface area contributed by atoms with E-state index in [-0.39, 0.29) is 42.0 Å². The van der Waals surface area contributed by atoms with Crippen molar-refractivity contribution >= 4 is 35.8 Å². The van der Waals surface area contributed by atoms with Crippen molar-refractivity contribution in [2.75, 3.05) is 33.3 Å². The predicted molar refractivity (Wildman–Crippen MR) is 121 cm³/mol. The average molecular weight is 488 g/mol. The van der Waals surface area contributed by atoms with Gasteiger partial charge >= 0.3 is 0 Å². The number of guanidine groups is 1. The molecule has 1 aromatic carbocycles. The fourth-order valence-corrected chi connectivity index (χ4v) is 3.02. The van der Waals surface area contributed by atoms with Crippen LogP contribution in [0.25, 0.3) is 0 Å². The van der Waals surface area contributed by atoms with E-state index < -0.39 is 0 Å². The molecular formula is C20H33IN4O2. The Kier molecular flexibility index (Phi) is 9.35. The normalized spacial score (nSPS) is 16.5. The Bertz CT molecular complexity index is 643. The summed E-state index contributed by atoms with van der Waals surface area (Å²) in [6.07, 6.45) is 0.953. The fourth-order valence-electron chi connectivity index (χ4n) is 3.02. The van der Waals surface area contributed by atoms with Gasteiger partial charge in [0.25, 0.3) is 0 Å². The van der Waals surface area contributed by atoms with E-state index in [1.165, 1.54) is 5.56 Å². The van der Waals surface area contributed by atoms with E-state index in [1.807, 2.05) is 57.8 Å². The SMILES string of the molecule is CCNC(=NCC1CCOc2ccccc21)N(C)CC(=O)NC(C)(C)C.I. The van der Waals surface area contributed by atoms with Crippen molar-refractivity contribution in [3.63, 3.8) is 0 Å². The van der Waals surface area contributed by atoms with E-state index in [1.54, 1.807) is 0 Å². The third-order valence-corrected chi connectivity index (χ3v) is 4.14. The molecule has 0 aromatic heterocycles. The van der Waals surface area contributed by atoms with E-state index in [0.29, 0.717) is 12.5 Å². The molecule has 1 atom stereocenters. The van der Waals surface area contributed by atoms with Crippen LogP contribution in [0.4, 0.5) is 0 Å². The highest BCUT2D eigenvalue weighted by Gasteiger charge is 2.22. The molecule has 1 aliphatic heterocycles. The second-order valence-electron chi connectivity index (χ2n) is 7.72. The van der Waals surface area contributed by atoms with Gasteiger partial charge in [-0.25, -0.2) is 0 Å². The number of para-hydroxylation sites is 1. The number of fused-ring (bicyclic) bond motifs is 1. The number of carbonyl (C=O) groups excluding carboxylic acids is 1.